The number of rotatable bonds is 5. The van der Waals surface area contributed by atoms with Crippen molar-refractivity contribution in [2.24, 2.45) is 17.2 Å². The van der Waals surface area contributed by atoms with Crippen LogP contribution in [0, 0.1) is 6.92 Å². The molecule has 166 valence electrons. The van der Waals surface area contributed by atoms with Gasteiger partial charge in [0.05, 0.1) is 5.82 Å². The largest absolute Gasteiger partial charge is 0.398 e. The highest BCUT2D eigenvalue weighted by atomic mass is 15.1. The fourth-order valence-corrected chi connectivity index (χ4v) is 3.11. The zero-order valence-corrected chi connectivity index (χ0v) is 19.4. The van der Waals surface area contributed by atoms with E-state index in [4.69, 9.17) is 17.2 Å². The number of hydrogen-bond donors (Lipinski definition) is 3. The highest BCUT2D eigenvalue weighted by molar-refractivity contribution is 5.56. The van der Waals surface area contributed by atoms with Gasteiger partial charge >= 0.3 is 0 Å². The third-order valence-corrected chi connectivity index (χ3v) is 4.77. The van der Waals surface area contributed by atoms with Crippen LogP contribution in [0.4, 0.5) is 0 Å². The van der Waals surface area contributed by atoms with Crippen LogP contribution in [0.2, 0.25) is 0 Å². The summed E-state index contributed by atoms with van der Waals surface area (Å²) in [5, 5.41) is 0. The predicted molar refractivity (Wildman–Crippen MR) is 137 cm³/mol. The van der Waals surface area contributed by atoms with Gasteiger partial charge in [0.1, 0.15) is 0 Å². The first-order valence-electron chi connectivity index (χ1n) is 10.7. The molecule has 1 atom stereocenters. The van der Waals surface area contributed by atoms with E-state index in [1.165, 1.54) is 16.7 Å². The normalized spacial score (nSPS) is 21.2. The van der Waals surface area contributed by atoms with Crippen molar-refractivity contribution in [1.29, 1.82) is 0 Å². The molecule has 0 aliphatic carbocycles. The van der Waals surface area contributed by atoms with Crippen molar-refractivity contribution in [3.8, 4) is 0 Å². The van der Waals surface area contributed by atoms with Gasteiger partial charge in [-0.25, -0.2) is 0 Å². The summed E-state index contributed by atoms with van der Waals surface area (Å²) in [6, 6.07) is 6.64. The van der Waals surface area contributed by atoms with Crippen molar-refractivity contribution in [3.05, 3.63) is 113 Å². The zero-order valence-electron chi connectivity index (χ0n) is 19.4. The van der Waals surface area contributed by atoms with Crippen LogP contribution in [0.3, 0.4) is 0 Å². The molecule has 1 aromatic carbocycles. The molecule has 2 rings (SSSR count). The number of nitrogens with zero attached hydrogens (tertiary/aromatic N) is 1. The second-order valence-corrected chi connectivity index (χ2v) is 7.24. The van der Waals surface area contributed by atoms with Gasteiger partial charge in [0.15, 0.2) is 0 Å². The lowest BCUT2D eigenvalue weighted by Gasteiger charge is -2.22. The summed E-state index contributed by atoms with van der Waals surface area (Å²) < 4.78 is 0. The average molecular weight is 419 g/mol. The molecule has 0 amide bonds. The van der Waals surface area contributed by atoms with Crippen LogP contribution in [-0.2, 0) is 0 Å². The molecule has 1 aliphatic heterocycles. The molecule has 0 spiro atoms. The van der Waals surface area contributed by atoms with Crippen LogP contribution in [0.5, 0.6) is 0 Å². The fourth-order valence-electron chi connectivity index (χ4n) is 3.11. The van der Waals surface area contributed by atoms with Gasteiger partial charge < -0.3 is 22.1 Å². The van der Waals surface area contributed by atoms with Gasteiger partial charge in [-0.15, -0.1) is 0 Å². The number of hydrogen-bond acceptors (Lipinski definition) is 4. The van der Waals surface area contributed by atoms with Crippen molar-refractivity contribution >= 4 is 6.08 Å². The van der Waals surface area contributed by atoms with Gasteiger partial charge in [0.2, 0.25) is 0 Å². The van der Waals surface area contributed by atoms with Crippen LogP contribution in [0.1, 0.15) is 36.5 Å². The minimum absolute atomic E-state index is 0.230. The Morgan fingerprint density at radius 2 is 1.90 bits per heavy atom. The third-order valence-electron chi connectivity index (χ3n) is 4.77. The van der Waals surface area contributed by atoms with Gasteiger partial charge in [0.25, 0.3) is 0 Å². The Balaban J connectivity index is 0.00000233. The van der Waals surface area contributed by atoms with Crippen LogP contribution in [0.25, 0.3) is 6.08 Å². The average Bonchev–Trinajstić information content (AvgIpc) is 2.76. The maximum atomic E-state index is 6.19. The second kappa shape index (κ2) is 13.9. The standard InChI is InChI=1S/C25H32N4.C2H6/c1-4-5-8-21-17-22(13-12-19(21)2)23-10-6-9-20(11-7-16-29(3)18-23)24(26)14-15-25(27)28;1-2/h4-15,17,23H,1,16,18,26-28H2,2-3H3;1-2H3/b8-5-,10-6+,11-7+,20-9+,24-14-;. The van der Waals surface area contributed by atoms with Crippen LogP contribution in [0.15, 0.2) is 96.6 Å². The maximum Gasteiger partial charge on any atom is 0.0934 e. The van der Waals surface area contributed by atoms with Gasteiger partial charge in [-0.3, -0.25) is 0 Å². The summed E-state index contributed by atoms with van der Waals surface area (Å²) >= 11 is 0. The summed E-state index contributed by atoms with van der Waals surface area (Å²) in [6.45, 7) is 11.6. The molecule has 4 heteroatoms. The summed E-state index contributed by atoms with van der Waals surface area (Å²) in [6.07, 6.45) is 19.7. The van der Waals surface area contributed by atoms with Crippen LogP contribution >= 0.6 is 0 Å². The van der Waals surface area contributed by atoms with E-state index in [0.717, 1.165) is 18.7 Å². The first-order chi connectivity index (χ1) is 14.9. The summed E-state index contributed by atoms with van der Waals surface area (Å²) in [4.78, 5) is 2.30. The van der Waals surface area contributed by atoms with Gasteiger partial charge in [-0.2, -0.15) is 0 Å². The second-order valence-electron chi connectivity index (χ2n) is 7.24. The quantitative estimate of drug-likeness (QED) is 0.595. The van der Waals surface area contributed by atoms with E-state index >= 15 is 0 Å². The van der Waals surface area contributed by atoms with Crippen molar-refractivity contribution in [2.45, 2.75) is 26.7 Å². The van der Waals surface area contributed by atoms with E-state index < -0.39 is 0 Å². The summed E-state index contributed by atoms with van der Waals surface area (Å²) in [7, 11) is 2.12. The Bertz CT molecular complexity index is 894. The van der Waals surface area contributed by atoms with E-state index in [1.54, 1.807) is 18.2 Å². The molecule has 0 bridgehead atoms. The molecule has 0 aromatic heterocycles. The molecule has 0 radical (unpaired) electrons. The van der Waals surface area contributed by atoms with Crippen molar-refractivity contribution in [2.75, 3.05) is 20.1 Å². The highest BCUT2D eigenvalue weighted by Gasteiger charge is 2.12. The smallest absolute Gasteiger partial charge is 0.0934 e. The molecular weight excluding hydrogens is 380 g/mol. The number of aryl methyl sites for hydroxylation is 1. The third kappa shape index (κ3) is 8.97. The Kier molecular flexibility index (Phi) is 11.6. The Morgan fingerprint density at radius 1 is 1.16 bits per heavy atom. The van der Waals surface area contributed by atoms with Crippen LogP contribution in [-0.4, -0.2) is 25.0 Å². The predicted octanol–water partition coefficient (Wildman–Crippen LogP) is 4.89. The highest BCUT2D eigenvalue weighted by Crippen LogP contribution is 2.24. The number of nitrogens with two attached hydrogens (primary N) is 3. The van der Waals surface area contributed by atoms with Crippen molar-refractivity contribution in [1.82, 2.24) is 4.90 Å². The summed E-state index contributed by atoms with van der Waals surface area (Å²) in [5.74, 6) is 0.499. The fraction of sp³-hybridized carbons (Fsp3) is 0.259. The Labute approximate surface area is 188 Å². The molecule has 0 saturated heterocycles. The minimum atomic E-state index is 0.230. The Morgan fingerprint density at radius 3 is 2.58 bits per heavy atom. The summed E-state index contributed by atoms with van der Waals surface area (Å²) in [5.41, 5.74) is 22.5. The zero-order chi connectivity index (χ0) is 23.2. The molecule has 4 nitrogen and oxygen atoms in total. The van der Waals surface area contributed by atoms with Gasteiger partial charge in [0, 0.05) is 24.7 Å². The van der Waals surface area contributed by atoms with E-state index in [9.17, 15) is 0 Å². The maximum absolute atomic E-state index is 6.19. The van der Waals surface area contributed by atoms with E-state index in [1.807, 2.05) is 32.1 Å². The topological polar surface area (TPSA) is 81.3 Å². The SMILES string of the molecule is C=C/C=C\c1cc(C2/C=C/C=C(/C(N)=C/C=C(N)N)\C=C\CN(C)C2)ccc1C.CC. The molecule has 1 aromatic rings. The lowest BCUT2D eigenvalue weighted by atomic mass is 9.93. The monoisotopic (exact) mass is 418 g/mol. The van der Waals surface area contributed by atoms with Gasteiger partial charge in [-0.05, 0) is 48.4 Å². The number of allylic oxidation sites excluding steroid dienone is 7. The molecule has 1 heterocycles. The first-order valence-corrected chi connectivity index (χ1v) is 10.7. The van der Waals surface area contributed by atoms with E-state index in [-0.39, 0.29) is 11.7 Å². The van der Waals surface area contributed by atoms with E-state index in [2.05, 4.69) is 68.0 Å². The molecule has 1 aliphatic rings. The number of likely N-dealkylation sites (N-methyl/N-ethyl adjacent to an activating group) is 1. The number of benzene rings is 1. The molecule has 31 heavy (non-hydrogen) atoms. The van der Waals surface area contributed by atoms with E-state index in [0.29, 0.717) is 5.70 Å². The first kappa shape index (κ1) is 25.8. The molecule has 1 unspecified atom stereocenters. The lowest BCUT2D eigenvalue weighted by Crippen LogP contribution is -2.24. The van der Waals surface area contributed by atoms with Gasteiger partial charge in [-0.1, -0.05) is 87.2 Å². The van der Waals surface area contributed by atoms with Crippen molar-refractivity contribution in [3.63, 3.8) is 0 Å². The molecule has 0 saturated carbocycles. The molecule has 0 fully saturated rings. The van der Waals surface area contributed by atoms with Crippen LogP contribution < -0.4 is 17.2 Å². The Hall–Kier alpha value is -3.24. The minimum Gasteiger partial charge on any atom is -0.398 e. The van der Waals surface area contributed by atoms with Crippen molar-refractivity contribution < 1.29 is 0 Å². The molecule has 6 N–H and O–H groups in total. The molecular formula is C27H38N4. The lowest BCUT2D eigenvalue weighted by molar-refractivity contribution is 0.359.